The Bertz CT molecular complexity index is 973. The van der Waals surface area contributed by atoms with Crippen molar-refractivity contribution in [1.29, 1.82) is 0 Å². The van der Waals surface area contributed by atoms with E-state index in [-0.39, 0.29) is 5.91 Å². The molecule has 2 rings (SSSR count). The van der Waals surface area contributed by atoms with E-state index in [1.807, 2.05) is 6.92 Å². The zero-order chi connectivity index (χ0) is 21.4. The van der Waals surface area contributed by atoms with Crippen molar-refractivity contribution in [2.24, 2.45) is 0 Å². The van der Waals surface area contributed by atoms with E-state index in [9.17, 15) is 18.0 Å². The highest BCUT2D eigenvalue weighted by Gasteiger charge is 2.23. The molecule has 7 nitrogen and oxygen atoms in total. The largest absolute Gasteiger partial charge is 0.352 e. The Hall–Kier alpha value is -2.87. The van der Waals surface area contributed by atoms with Crippen molar-refractivity contribution in [2.75, 3.05) is 29.0 Å². The van der Waals surface area contributed by atoms with E-state index in [1.165, 1.54) is 0 Å². The Balaban J connectivity index is 2.19. The van der Waals surface area contributed by atoms with Gasteiger partial charge in [-0.3, -0.25) is 13.9 Å². The van der Waals surface area contributed by atoms with Gasteiger partial charge in [-0.2, -0.15) is 0 Å². The van der Waals surface area contributed by atoms with Gasteiger partial charge in [-0.05, 0) is 37.1 Å². The van der Waals surface area contributed by atoms with Crippen LogP contribution in [0.4, 0.5) is 11.4 Å². The molecule has 0 bridgehead atoms. The number of aryl methyl sites for hydroxylation is 1. The molecule has 0 aromatic heterocycles. The smallest absolute Gasteiger partial charge is 0.253 e. The second kappa shape index (κ2) is 10.1. The third-order valence-corrected chi connectivity index (χ3v) is 5.46. The van der Waals surface area contributed by atoms with E-state index >= 15 is 0 Å². The van der Waals surface area contributed by atoms with Gasteiger partial charge in [0.2, 0.25) is 15.9 Å². The maximum Gasteiger partial charge on any atom is 0.253 e. The van der Waals surface area contributed by atoms with Crippen molar-refractivity contribution in [1.82, 2.24) is 5.32 Å². The molecular weight excluding hydrogens is 390 g/mol. The number of unbranched alkanes of at least 4 members (excludes halogenated alkanes) is 1. The van der Waals surface area contributed by atoms with Crippen LogP contribution in [0.2, 0.25) is 0 Å². The lowest BCUT2D eigenvalue weighted by atomic mass is 10.1. The van der Waals surface area contributed by atoms with E-state index in [0.29, 0.717) is 23.5 Å². The Morgan fingerprint density at radius 2 is 1.69 bits per heavy atom. The van der Waals surface area contributed by atoms with Gasteiger partial charge in [-0.25, -0.2) is 8.42 Å². The zero-order valence-corrected chi connectivity index (χ0v) is 17.8. The second-order valence-corrected chi connectivity index (χ2v) is 8.67. The summed E-state index contributed by atoms with van der Waals surface area (Å²) >= 11 is 0. The number of benzene rings is 2. The molecule has 2 N–H and O–H groups in total. The highest BCUT2D eigenvalue weighted by Crippen LogP contribution is 2.22. The van der Waals surface area contributed by atoms with Crippen molar-refractivity contribution >= 4 is 33.2 Å². The summed E-state index contributed by atoms with van der Waals surface area (Å²) < 4.78 is 25.6. The van der Waals surface area contributed by atoms with Gasteiger partial charge >= 0.3 is 0 Å². The fraction of sp³-hybridized carbons (Fsp3) is 0.333. The minimum absolute atomic E-state index is 0.284. The van der Waals surface area contributed by atoms with Gasteiger partial charge in [-0.1, -0.05) is 43.7 Å². The third-order valence-electron chi connectivity index (χ3n) is 4.33. The Kier molecular flexibility index (Phi) is 7.78. The minimum Gasteiger partial charge on any atom is -0.352 e. The zero-order valence-electron chi connectivity index (χ0n) is 16.9. The Morgan fingerprint density at radius 1 is 1.03 bits per heavy atom. The molecule has 0 atom stereocenters. The van der Waals surface area contributed by atoms with Crippen molar-refractivity contribution < 1.29 is 18.0 Å². The van der Waals surface area contributed by atoms with Crippen molar-refractivity contribution in [2.45, 2.75) is 26.7 Å². The average molecular weight is 418 g/mol. The van der Waals surface area contributed by atoms with E-state index in [2.05, 4.69) is 10.6 Å². The van der Waals surface area contributed by atoms with Crippen LogP contribution < -0.4 is 14.9 Å². The first-order valence-electron chi connectivity index (χ1n) is 9.44. The van der Waals surface area contributed by atoms with Crippen LogP contribution in [0.5, 0.6) is 0 Å². The summed E-state index contributed by atoms with van der Waals surface area (Å²) in [6, 6.07) is 13.6. The number of hydrogen-bond donors (Lipinski definition) is 2. The van der Waals surface area contributed by atoms with Crippen LogP contribution in [0.3, 0.4) is 0 Å². The predicted octanol–water partition coefficient (Wildman–Crippen LogP) is 2.93. The molecule has 0 aliphatic carbocycles. The number of carbonyl (C=O) groups is 2. The minimum atomic E-state index is -3.68. The van der Waals surface area contributed by atoms with Gasteiger partial charge in [-0.15, -0.1) is 0 Å². The molecule has 0 aliphatic heterocycles. The molecule has 2 aromatic rings. The molecule has 0 fully saturated rings. The summed E-state index contributed by atoms with van der Waals surface area (Å²) in [6.45, 7) is 3.96. The SMILES string of the molecule is CCCCNC(=O)c1ccccc1NC(=O)CN(c1ccccc1C)S(C)(=O)=O. The monoisotopic (exact) mass is 417 g/mol. The molecule has 8 heteroatoms. The number of hydrogen-bond acceptors (Lipinski definition) is 4. The van der Waals surface area contributed by atoms with Crippen LogP contribution in [0.15, 0.2) is 48.5 Å². The number of anilines is 2. The summed E-state index contributed by atoms with van der Waals surface area (Å²) in [6.07, 6.45) is 2.88. The lowest BCUT2D eigenvalue weighted by Gasteiger charge is -2.23. The van der Waals surface area contributed by atoms with Gasteiger partial charge in [0, 0.05) is 6.54 Å². The number of nitrogens with one attached hydrogen (secondary N) is 2. The Labute approximate surface area is 172 Å². The molecule has 0 saturated heterocycles. The molecule has 29 heavy (non-hydrogen) atoms. The fourth-order valence-electron chi connectivity index (χ4n) is 2.81. The highest BCUT2D eigenvalue weighted by molar-refractivity contribution is 7.92. The molecule has 0 radical (unpaired) electrons. The van der Waals surface area contributed by atoms with Crippen molar-refractivity contribution in [3.05, 3.63) is 59.7 Å². The van der Waals surface area contributed by atoms with Gasteiger partial charge < -0.3 is 10.6 Å². The lowest BCUT2D eigenvalue weighted by molar-refractivity contribution is -0.114. The first-order chi connectivity index (χ1) is 13.7. The number of carbonyl (C=O) groups excluding carboxylic acids is 2. The third kappa shape index (κ3) is 6.32. The maximum absolute atomic E-state index is 12.6. The second-order valence-electron chi connectivity index (χ2n) is 6.76. The number of para-hydroxylation sites is 2. The van der Waals surface area contributed by atoms with Gasteiger partial charge in [0.1, 0.15) is 6.54 Å². The van der Waals surface area contributed by atoms with Crippen LogP contribution in [0.1, 0.15) is 35.7 Å². The van der Waals surface area contributed by atoms with Gasteiger partial charge in [0.15, 0.2) is 0 Å². The van der Waals surface area contributed by atoms with Crippen LogP contribution >= 0.6 is 0 Å². The topological polar surface area (TPSA) is 95.6 Å². The normalized spacial score (nSPS) is 11.0. The quantitative estimate of drug-likeness (QED) is 0.613. The molecule has 0 aliphatic rings. The standard InChI is InChI=1S/C21H27N3O4S/c1-4-5-14-22-21(26)17-11-7-8-12-18(17)23-20(25)15-24(29(3,27)28)19-13-9-6-10-16(19)2/h6-13H,4-5,14-15H2,1-3H3,(H,22,26)(H,23,25). The molecule has 0 saturated carbocycles. The summed E-state index contributed by atoms with van der Waals surface area (Å²) in [7, 11) is -3.68. The summed E-state index contributed by atoms with van der Waals surface area (Å²) in [5.41, 5.74) is 1.85. The highest BCUT2D eigenvalue weighted by atomic mass is 32.2. The van der Waals surface area contributed by atoms with Crippen LogP contribution in [0, 0.1) is 6.92 Å². The molecule has 0 spiro atoms. The molecule has 0 unspecified atom stereocenters. The number of sulfonamides is 1. The lowest BCUT2D eigenvalue weighted by Crippen LogP contribution is -2.38. The Morgan fingerprint density at radius 3 is 2.34 bits per heavy atom. The van der Waals surface area contributed by atoms with Gasteiger partial charge in [0.25, 0.3) is 5.91 Å². The number of amides is 2. The molecule has 0 heterocycles. The molecule has 2 aromatic carbocycles. The van der Waals surface area contributed by atoms with Crippen LogP contribution in [-0.4, -0.2) is 39.6 Å². The van der Waals surface area contributed by atoms with Crippen molar-refractivity contribution in [3.63, 3.8) is 0 Å². The van der Waals surface area contributed by atoms with E-state index in [4.69, 9.17) is 0 Å². The van der Waals surface area contributed by atoms with E-state index in [1.54, 1.807) is 55.5 Å². The summed E-state index contributed by atoms with van der Waals surface area (Å²) in [4.78, 5) is 25.0. The summed E-state index contributed by atoms with van der Waals surface area (Å²) in [5, 5.41) is 5.48. The number of rotatable bonds is 9. The molecule has 2 amide bonds. The first-order valence-corrected chi connectivity index (χ1v) is 11.3. The van der Waals surface area contributed by atoms with Crippen LogP contribution in [0.25, 0.3) is 0 Å². The first kappa shape index (κ1) is 22.4. The summed E-state index contributed by atoms with van der Waals surface area (Å²) in [5.74, 6) is -0.819. The van der Waals surface area contributed by atoms with Gasteiger partial charge in [0.05, 0.1) is 23.2 Å². The van der Waals surface area contributed by atoms with Crippen molar-refractivity contribution in [3.8, 4) is 0 Å². The average Bonchev–Trinajstić information content (AvgIpc) is 2.66. The molecule has 156 valence electrons. The van der Waals surface area contributed by atoms with Crippen LogP contribution in [-0.2, 0) is 14.8 Å². The maximum atomic E-state index is 12.6. The molecular formula is C21H27N3O4S. The number of nitrogens with zero attached hydrogens (tertiary/aromatic N) is 1. The van der Waals surface area contributed by atoms with E-state index < -0.39 is 22.5 Å². The predicted molar refractivity (Wildman–Crippen MR) is 116 cm³/mol. The van der Waals surface area contributed by atoms with E-state index in [0.717, 1.165) is 29.0 Å². The fourth-order valence-corrected chi connectivity index (χ4v) is 3.72.